The summed E-state index contributed by atoms with van der Waals surface area (Å²) in [4.78, 5) is 24.5. The zero-order valence-corrected chi connectivity index (χ0v) is 10.3. The lowest BCUT2D eigenvalue weighted by molar-refractivity contribution is -0.119. The lowest BCUT2D eigenvalue weighted by Gasteiger charge is -2.31. The first-order valence-electron chi connectivity index (χ1n) is 5.31. The van der Waals surface area contributed by atoms with Crippen molar-refractivity contribution in [2.75, 3.05) is 20.2 Å². The third-order valence-corrected chi connectivity index (χ3v) is 2.79. The predicted octanol–water partition coefficient (Wildman–Crippen LogP) is 0.961. The topological polar surface area (TPSA) is 58.6 Å². The van der Waals surface area contributed by atoms with Crippen molar-refractivity contribution in [3.63, 3.8) is 0 Å². The SMILES string of the molecule is COC1CCCN(C(=O)NC(=O)C(C)Cl)C1. The second-order valence-corrected chi connectivity index (χ2v) is 4.51. The second kappa shape index (κ2) is 6.06. The van der Waals surface area contributed by atoms with Gasteiger partial charge in [-0.3, -0.25) is 10.1 Å². The molecule has 1 aliphatic heterocycles. The first kappa shape index (κ1) is 13.3. The van der Waals surface area contributed by atoms with Gasteiger partial charge in [-0.15, -0.1) is 11.6 Å². The van der Waals surface area contributed by atoms with E-state index in [-0.39, 0.29) is 12.1 Å². The van der Waals surface area contributed by atoms with Gasteiger partial charge in [-0.1, -0.05) is 0 Å². The largest absolute Gasteiger partial charge is 0.380 e. The fourth-order valence-electron chi connectivity index (χ4n) is 1.60. The Bertz CT molecular complexity index is 271. The maximum absolute atomic E-state index is 11.7. The highest BCUT2D eigenvalue weighted by molar-refractivity contribution is 6.31. The zero-order valence-electron chi connectivity index (χ0n) is 9.53. The lowest BCUT2D eigenvalue weighted by atomic mass is 10.1. The van der Waals surface area contributed by atoms with Crippen LogP contribution in [0.25, 0.3) is 0 Å². The van der Waals surface area contributed by atoms with E-state index in [0.29, 0.717) is 13.1 Å². The number of nitrogens with zero attached hydrogens (tertiary/aromatic N) is 1. The van der Waals surface area contributed by atoms with Gasteiger partial charge in [0.25, 0.3) is 0 Å². The number of nitrogens with one attached hydrogen (secondary N) is 1. The average molecular weight is 249 g/mol. The number of likely N-dealkylation sites (tertiary alicyclic amines) is 1. The molecule has 0 aromatic heterocycles. The number of rotatable bonds is 2. The van der Waals surface area contributed by atoms with Crippen LogP contribution >= 0.6 is 11.6 Å². The normalized spacial score (nSPS) is 22.7. The highest BCUT2D eigenvalue weighted by Gasteiger charge is 2.25. The quantitative estimate of drug-likeness (QED) is 0.741. The Hall–Kier alpha value is -0.810. The standard InChI is InChI=1S/C10H17ClN2O3/c1-7(11)9(14)12-10(15)13-5-3-4-8(6-13)16-2/h7-8H,3-6H2,1-2H3,(H,12,14,15). The molecule has 2 unspecified atom stereocenters. The van der Waals surface area contributed by atoms with Gasteiger partial charge < -0.3 is 9.64 Å². The van der Waals surface area contributed by atoms with Crippen LogP contribution in [-0.4, -0.2) is 48.5 Å². The van der Waals surface area contributed by atoms with E-state index >= 15 is 0 Å². The van der Waals surface area contributed by atoms with Gasteiger partial charge in [0, 0.05) is 20.2 Å². The monoisotopic (exact) mass is 248 g/mol. The molecule has 2 atom stereocenters. The maximum atomic E-state index is 11.7. The van der Waals surface area contributed by atoms with Crippen LogP contribution < -0.4 is 5.32 Å². The molecule has 0 aromatic carbocycles. The van der Waals surface area contributed by atoms with Gasteiger partial charge in [-0.2, -0.15) is 0 Å². The smallest absolute Gasteiger partial charge is 0.324 e. The van der Waals surface area contributed by atoms with Gasteiger partial charge in [-0.05, 0) is 19.8 Å². The van der Waals surface area contributed by atoms with Gasteiger partial charge in [0.1, 0.15) is 5.38 Å². The Kier molecular flexibility index (Phi) is 5.02. The summed E-state index contributed by atoms with van der Waals surface area (Å²) >= 11 is 5.56. The Balaban J connectivity index is 2.44. The van der Waals surface area contributed by atoms with Crippen LogP contribution in [0.4, 0.5) is 4.79 Å². The number of alkyl halides is 1. The lowest BCUT2D eigenvalue weighted by Crippen LogP contribution is -2.50. The molecule has 1 fully saturated rings. The molecule has 1 aliphatic rings. The summed E-state index contributed by atoms with van der Waals surface area (Å²) in [5.41, 5.74) is 0. The van der Waals surface area contributed by atoms with Crippen LogP contribution in [0.2, 0.25) is 0 Å². The van der Waals surface area contributed by atoms with Crippen LogP contribution in [-0.2, 0) is 9.53 Å². The predicted molar refractivity (Wildman–Crippen MR) is 60.5 cm³/mol. The van der Waals surface area contributed by atoms with Gasteiger partial charge >= 0.3 is 6.03 Å². The summed E-state index contributed by atoms with van der Waals surface area (Å²) in [5, 5.41) is 1.55. The summed E-state index contributed by atoms with van der Waals surface area (Å²) in [6.45, 7) is 2.69. The number of ether oxygens (including phenoxy) is 1. The number of amides is 3. The Labute approximate surface area is 100 Å². The molecule has 0 bridgehead atoms. The fraction of sp³-hybridized carbons (Fsp3) is 0.800. The molecule has 5 nitrogen and oxygen atoms in total. The molecule has 1 heterocycles. The fourth-order valence-corrected chi connectivity index (χ4v) is 1.65. The highest BCUT2D eigenvalue weighted by Crippen LogP contribution is 2.12. The van der Waals surface area contributed by atoms with E-state index in [4.69, 9.17) is 16.3 Å². The van der Waals surface area contributed by atoms with Crippen molar-refractivity contribution in [2.45, 2.75) is 31.2 Å². The molecule has 92 valence electrons. The summed E-state index contributed by atoms with van der Waals surface area (Å²) < 4.78 is 5.19. The van der Waals surface area contributed by atoms with Crippen molar-refractivity contribution >= 4 is 23.5 Å². The number of imide groups is 1. The molecule has 16 heavy (non-hydrogen) atoms. The Morgan fingerprint density at radius 1 is 1.56 bits per heavy atom. The summed E-state index contributed by atoms with van der Waals surface area (Å²) in [6, 6.07) is -0.390. The van der Waals surface area contributed by atoms with E-state index in [2.05, 4.69) is 5.32 Å². The van der Waals surface area contributed by atoms with Crippen LogP contribution in [0, 0.1) is 0 Å². The molecule has 1 rings (SSSR count). The van der Waals surface area contributed by atoms with Gasteiger partial charge in [0.05, 0.1) is 6.10 Å². The van der Waals surface area contributed by atoms with Crippen LogP contribution in [0.3, 0.4) is 0 Å². The first-order valence-corrected chi connectivity index (χ1v) is 5.75. The third-order valence-electron chi connectivity index (χ3n) is 2.59. The minimum absolute atomic E-state index is 0.0584. The van der Waals surface area contributed by atoms with E-state index in [1.807, 2.05) is 0 Å². The highest BCUT2D eigenvalue weighted by atomic mass is 35.5. The van der Waals surface area contributed by atoms with Crippen molar-refractivity contribution in [3.8, 4) is 0 Å². The number of urea groups is 1. The number of carbonyl (C=O) groups excluding carboxylic acids is 2. The number of hydrogen-bond acceptors (Lipinski definition) is 3. The number of halogens is 1. The van der Waals surface area contributed by atoms with Crippen molar-refractivity contribution < 1.29 is 14.3 Å². The van der Waals surface area contributed by atoms with E-state index in [1.165, 1.54) is 6.92 Å². The van der Waals surface area contributed by atoms with Crippen molar-refractivity contribution in [2.24, 2.45) is 0 Å². The Morgan fingerprint density at radius 2 is 2.25 bits per heavy atom. The molecule has 3 amide bonds. The third kappa shape index (κ3) is 3.64. The zero-order chi connectivity index (χ0) is 12.1. The molecule has 0 aromatic rings. The van der Waals surface area contributed by atoms with Crippen LogP contribution in [0.5, 0.6) is 0 Å². The van der Waals surface area contributed by atoms with E-state index in [9.17, 15) is 9.59 Å². The second-order valence-electron chi connectivity index (χ2n) is 3.86. The molecular weight excluding hydrogens is 232 g/mol. The molecule has 0 spiro atoms. The molecule has 1 saturated heterocycles. The van der Waals surface area contributed by atoms with Gasteiger partial charge in [0.15, 0.2) is 0 Å². The molecule has 0 aliphatic carbocycles. The van der Waals surface area contributed by atoms with Crippen LogP contribution in [0.15, 0.2) is 0 Å². The first-order chi connectivity index (χ1) is 7.54. The van der Waals surface area contributed by atoms with Gasteiger partial charge in [0.2, 0.25) is 5.91 Å². The van der Waals surface area contributed by atoms with Crippen molar-refractivity contribution in [3.05, 3.63) is 0 Å². The Morgan fingerprint density at radius 3 is 2.81 bits per heavy atom. The molecule has 6 heteroatoms. The summed E-state index contributed by atoms with van der Waals surface area (Å²) in [7, 11) is 1.62. The van der Waals surface area contributed by atoms with E-state index in [0.717, 1.165) is 12.8 Å². The number of carbonyl (C=O) groups is 2. The number of methoxy groups -OCH3 is 1. The molecule has 0 radical (unpaired) electrons. The van der Waals surface area contributed by atoms with E-state index in [1.54, 1.807) is 12.0 Å². The average Bonchev–Trinajstić information content (AvgIpc) is 2.28. The summed E-state index contributed by atoms with van der Waals surface area (Å²) in [6.07, 6.45) is 1.89. The molecular formula is C10H17ClN2O3. The number of hydrogen-bond donors (Lipinski definition) is 1. The molecule has 0 saturated carbocycles. The minimum atomic E-state index is -0.702. The maximum Gasteiger partial charge on any atom is 0.324 e. The van der Waals surface area contributed by atoms with Gasteiger partial charge in [-0.25, -0.2) is 4.79 Å². The van der Waals surface area contributed by atoms with Crippen molar-refractivity contribution in [1.82, 2.24) is 10.2 Å². The minimum Gasteiger partial charge on any atom is -0.380 e. The van der Waals surface area contributed by atoms with E-state index < -0.39 is 11.3 Å². The summed E-state index contributed by atoms with van der Waals surface area (Å²) in [5.74, 6) is -0.466. The number of piperidine rings is 1. The van der Waals surface area contributed by atoms with Crippen molar-refractivity contribution in [1.29, 1.82) is 0 Å². The van der Waals surface area contributed by atoms with Crippen LogP contribution in [0.1, 0.15) is 19.8 Å². The molecule has 1 N–H and O–H groups in total.